The molecule has 0 aromatic heterocycles. The highest BCUT2D eigenvalue weighted by atomic mass is 16.5. The van der Waals surface area contributed by atoms with Crippen molar-refractivity contribution < 1.29 is 4.74 Å². The lowest BCUT2D eigenvalue weighted by Gasteiger charge is -2.30. The molecule has 126 valence electrons. The number of benzene rings is 1. The Kier molecular flexibility index (Phi) is 5.94. The van der Waals surface area contributed by atoms with E-state index >= 15 is 0 Å². The summed E-state index contributed by atoms with van der Waals surface area (Å²) in [7, 11) is 0. The van der Waals surface area contributed by atoms with E-state index in [0.717, 1.165) is 18.4 Å². The SMILES string of the molecule is CCC1CCC(COC2C=CC(c3ccc(C)cc3)CC2)CC1. The smallest absolute Gasteiger partial charge is 0.0756 e. The van der Waals surface area contributed by atoms with Crippen molar-refractivity contribution in [3.05, 3.63) is 47.5 Å². The first-order valence-electron chi connectivity index (χ1n) is 9.61. The predicted octanol–water partition coefficient (Wildman–Crippen LogP) is 6.03. The van der Waals surface area contributed by atoms with Crippen LogP contribution < -0.4 is 0 Å². The maximum absolute atomic E-state index is 6.21. The largest absolute Gasteiger partial charge is 0.374 e. The third kappa shape index (κ3) is 4.70. The fourth-order valence-corrected chi connectivity index (χ4v) is 4.09. The minimum Gasteiger partial charge on any atom is -0.374 e. The van der Waals surface area contributed by atoms with Crippen LogP contribution in [0.1, 0.15) is 68.9 Å². The molecular formula is C22H32O. The Hall–Kier alpha value is -1.08. The van der Waals surface area contributed by atoms with Crippen molar-refractivity contribution in [3.63, 3.8) is 0 Å². The van der Waals surface area contributed by atoms with E-state index in [2.05, 4.69) is 50.3 Å². The molecule has 1 heteroatoms. The molecule has 1 aromatic carbocycles. The van der Waals surface area contributed by atoms with Crippen LogP contribution in [0.25, 0.3) is 0 Å². The molecule has 0 heterocycles. The molecule has 0 radical (unpaired) electrons. The summed E-state index contributed by atoms with van der Waals surface area (Å²) < 4.78 is 6.21. The van der Waals surface area contributed by atoms with Crippen molar-refractivity contribution in [3.8, 4) is 0 Å². The van der Waals surface area contributed by atoms with Gasteiger partial charge in [0.25, 0.3) is 0 Å². The summed E-state index contributed by atoms with van der Waals surface area (Å²) in [5.74, 6) is 2.37. The zero-order valence-electron chi connectivity index (χ0n) is 14.8. The summed E-state index contributed by atoms with van der Waals surface area (Å²) in [4.78, 5) is 0. The van der Waals surface area contributed by atoms with E-state index in [1.807, 2.05) is 0 Å². The first-order chi connectivity index (χ1) is 11.2. The molecule has 1 fully saturated rings. The Morgan fingerprint density at radius 2 is 1.57 bits per heavy atom. The van der Waals surface area contributed by atoms with Crippen molar-refractivity contribution >= 4 is 0 Å². The molecule has 0 aliphatic heterocycles. The van der Waals surface area contributed by atoms with Crippen LogP contribution >= 0.6 is 0 Å². The molecule has 0 saturated heterocycles. The molecule has 0 bridgehead atoms. The summed E-state index contributed by atoms with van der Waals surface area (Å²) >= 11 is 0. The molecule has 2 aliphatic rings. The zero-order chi connectivity index (χ0) is 16.1. The van der Waals surface area contributed by atoms with E-state index in [0.29, 0.717) is 12.0 Å². The van der Waals surface area contributed by atoms with Gasteiger partial charge in [-0.15, -0.1) is 0 Å². The molecule has 1 aromatic rings. The molecule has 0 amide bonds. The highest BCUT2D eigenvalue weighted by molar-refractivity contribution is 5.28. The summed E-state index contributed by atoms with van der Waals surface area (Å²) in [6.45, 7) is 5.46. The number of aryl methyl sites for hydroxylation is 1. The number of hydrogen-bond acceptors (Lipinski definition) is 1. The van der Waals surface area contributed by atoms with Crippen molar-refractivity contribution in [2.24, 2.45) is 11.8 Å². The second kappa shape index (κ2) is 8.15. The van der Waals surface area contributed by atoms with E-state index < -0.39 is 0 Å². The Morgan fingerprint density at radius 3 is 2.17 bits per heavy atom. The van der Waals surface area contributed by atoms with E-state index in [1.54, 1.807) is 0 Å². The van der Waals surface area contributed by atoms with Crippen LogP contribution in [-0.2, 0) is 4.74 Å². The Bertz CT molecular complexity index is 493. The molecule has 0 spiro atoms. The van der Waals surface area contributed by atoms with Gasteiger partial charge in [-0.3, -0.25) is 0 Å². The van der Waals surface area contributed by atoms with Crippen LogP contribution in [0.5, 0.6) is 0 Å². The third-order valence-corrected chi connectivity index (χ3v) is 5.92. The van der Waals surface area contributed by atoms with Gasteiger partial charge in [0.05, 0.1) is 12.7 Å². The molecule has 1 nitrogen and oxygen atoms in total. The van der Waals surface area contributed by atoms with Crippen LogP contribution in [0.3, 0.4) is 0 Å². The van der Waals surface area contributed by atoms with Crippen LogP contribution in [0.4, 0.5) is 0 Å². The standard InChI is InChI=1S/C22H32O/c1-3-18-6-8-19(9-7-18)16-23-22-14-12-21(13-15-22)20-10-4-17(2)5-11-20/h4-5,10-12,14,18-19,21-22H,3,6-9,13,15-16H2,1-2H3. The monoisotopic (exact) mass is 312 g/mol. The van der Waals surface area contributed by atoms with Crippen LogP contribution in [0, 0.1) is 18.8 Å². The van der Waals surface area contributed by atoms with Gasteiger partial charge in [0.1, 0.15) is 0 Å². The Labute approximate surface area is 142 Å². The van der Waals surface area contributed by atoms with Gasteiger partial charge in [0, 0.05) is 5.92 Å². The Morgan fingerprint density at radius 1 is 0.870 bits per heavy atom. The van der Waals surface area contributed by atoms with Crippen LogP contribution in [0.15, 0.2) is 36.4 Å². The zero-order valence-corrected chi connectivity index (χ0v) is 14.8. The van der Waals surface area contributed by atoms with Gasteiger partial charge in [0.2, 0.25) is 0 Å². The van der Waals surface area contributed by atoms with Crippen molar-refractivity contribution in [2.45, 2.75) is 70.8 Å². The van der Waals surface area contributed by atoms with E-state index in [4.69, 9.17) is 4.74 Å². The second-order valence-electron chi connectivity index (χ2n) is 7.65. The first kappa shape index (κ1) is 16.8. The van der Waals surface area contributed by atoms with Gasteiger partial charge in [-0.25, -0.2) is 0 Å². The van der Waals surface area contributed by atoms with Crippen molar-refractivity contribution in [1.82, 2.24) is 0 Å². The molecule has 23 heavy (non-hydrogen) atoms. The first-order valence-corrected chi connectivity index (χ1v) is 9.61. The lowest BCUT2D eigenvalue weighted by molar-refractivity contribution is 0.0335. The highest BCUT2D eigenvalue weighted by Crippen LogP contribution is 2.32. The number of allylic oxidation sites excluding steroid dienone is 1. The normalized spacial score (nSPS) is 31.2. The average molecular weight is 312 g/mol. The minimum absolute atomic E-state index is 0.348. The lowest BCUT2D eigenvalue weighted by Crippen LogP contribution is -2.23. The predicted molar refractivity (Wildman–Crippen MR) is 97.8 cm³/mol. The lowest BCUT2D eigenvalue weighted by atomic mass is 9.81. The molecular weight excluding hydrogens is 280 g/mol. The van der Waals surface area contributed by atoms with E-state index in [9.17, 15) is 0 Å². The molecule has 0 N–H and O–H groups in total. The number of rotatable bonds is 5. The Balaban J connectivity index is 1.43. The fourth-order valence-electron chi connectivity index (χ4n) is 4.09. The van der Waals surface area contributed by atoms with Crippen LogP contribution in [0.2, 0.25) is 0 Å². The van der Waals surface area contributed by atoms with E-state index in [-0.39, 0.29) is 0 Å². The van der Waals surface area contributed by atoms with Gasteiger partial charge >= 0.3 is 0 Å². The maximum atomic E-state index is 6.21. The molecule has 1 saturated carbocycles. The molecule has 3 rings (SSSR count). The van der Waals surface area contributed by atoms with Gasteiger partial charge in [-0.05, 0) is 50.0 Å². The topological polar surface area (TPSA) is 9.23 Å². The number of ether oxygens (including phenoxy) is 1. The van der Waals surface area contributed by atoms with Crippen molar-refractivity contribution in [2.75, 3.05) is 6.61 Å². The highest BCUT2D eigenvalue weighted by Gasteiger charge is 2.22. The van der Waals surface area contributed by atoms with E-state index in [1.165, 1.54) is 56.1 Å². The van der Waals surface area contributed by atoms with Gasteiger partial charge in [-0.1, -0.05) is 68.2 Å². The van der Waals surface area contributed by atoms with Gasteiger partial charge in [-0.2, -0.15) is 0 Å². The fraction of sp³-hybridized carbons (Fsp3) is 0.636. The second-order valence-corrected chi connectivity index (χ2v) is 7.65. The average Bonchev–Trinajstić information content (AvgIpc) is 2.61. The minimum atomic E-state index is 0.348. The van der Waals surface area contributed by atoms with Gasteiger partial charge < -0.3 is 4.74 Å². The maximum Gasteiger partial charge on any atom is 0.0756 e. The summed E-state index contributed by atoms with van der Waals surface area (Å²) in [5, 5.41) is 0. The van der Waals surface area contributed by atoms with Crippen LogP contribution in [-0.4, -0.2) is 12.7 Å². The molecule has 2 unspecified atom stereocenters. The van der Waals surface area contributed by atoms with Gasteiger partial charge in [0.15, 0.2) is 0 Å². The summed E-state index contributed by atoms with van der Waals surface area (Å²) in [6, 6.07) is 8.99. The summed E-state index contributed by atoms with van der Waals surface area (Å²) in [6.07, 6.45) is 14.4. The quantitative estimate of drug-likeness (QED) is 0.603. The van der Waals surface area contributed by atoms with Crippen molar-refractivity contribution in [1.29, 1.82) is 0 Å². The molecule has 2 atom stereocenters. The third-order valence-electron chi connectivity index (χ3n) is 5.92. The summed E-state index contributed by atoms with van der Waals surface area (Å²) in [5.41, 5.74) is 2.79. The molecule has 2 aliphatic carbocycles. The number of hydrogen-bond donors (Lipinski definition) is 0.